The van der Waals surface area contributed by atoms with Crippen LogP contribution in [0.15, 0.2) is 52.6 Å². The van der Waals surface area contributed by atoms with Gasteiger partial charge in [0, 0.05) is 17.8 Å². The number of carbonyl (C=O) groups is 2. The van der Waals surface area contributed by atoms with E-state index in [9.17, 15) is 24.5 Å². The SMILES string of the molecule is COC1=C(C)N(c2cccc([N+](=O)[O-])c2)C(C)=C(C(=O)NCC(=O)O)C1=C=O. The average Bonchev–Trinajstić information content (AvgIpc) is 2.65. The van der Waals surface area contributed by atoms with Crippen molar-refractivity contribution in [2.45, 2.75) is 13.8 Å². The number of carboxylic acid groups (broad SMARTS) is 1. The third-order valence-electron chi connectivity index (χ3n) is 4.07. The summed E-state index contributed by atoms with van der Waals surface area (Å²) >= 11 is 0. The van der Waals surface area contributed by atoms with Gasteiger partial charge in [0.1, 0.15) is 18.1 Å². The van der Waals surface area contributed by atoms with E-state index in [2.05, 4.69) is 5.32 Å². The zero-order valence-corrected chi connectivity index (χ0v) is 15.3. The Morgan fingerprint density at radius 1 is 1.32 bits per heavy atom. The second-order valence-electron chi connectivity index (χ2n) is 5.74. The Morgan fingerprint density at radius 3 is 2.54 bits per heavy atom. The van der Waals surface area contributed by atoms with Gasteiger partial charge in [-0.2, -0.15) is 0 Å². The number of benzene rings is 1. The van der Waals surface area contributed by atoms with Gasteiger partial charge in [-0.1, -0.05) is 6.07 Å². The number of nitro benzene ring substituents is 1. The number of aliphatic carboxylic acids is 1. The van der Waals surface area contributed by atoms with Gasteiger partial charge in [-0.15, -0.1) is 0 Å². The molecule has 0 saturated heterocycles. The molecule has 0 saturated carbocycles. The number of methoxy groups -OCH3 is 1. The molecule has 2 N–H and O–H groups in total. The Balaban J connectivity index is 2.67. The summed E-state index contributed by atoms with van der Waals surface area (Å²) in [4.78, 5) is 46.9. The number of carbonyl (C=O) groups excluding carboxylic acids is 2. The molecule has 1 aromatic carbocycles. The monoisotopic (exact) mass is 387 g/mol. The molecular formula is C18H17N3O7. The van der Waals surface area contributed by atoms with E-state index in [1.54, 1.807) is 18.9 Å². The lowest BCUT2D eigenvalue weighted by Crippen LogP contribution is -2.36. The Bertz CT molecular complexity index is 971. The third-order valence-corrected chi connectivity index (χ3v) is 4.07. The molecule has 0 unspecified atom stereocenters. The van der Waals surface area contributed by atoms with Gasteiger partial charge >= 0.3 is 5.97 Å². The van der Waals surface area contributed by atoms with Crippen LogP contribution in [0.5, 0.6) is 0 Å². The lowest BCUT2D eigenvalue weighted by molar-refractivity contribution is -0.384. The zero-order chi connectivity index (χ0) is 21.0. The molecule has 1 amide bonds. The maximum atomic E-state index is 12.6. The van der Waals surface area contributed by atoms with Crippen molar-refractivity contribution < 1.29 is 29.2 Å². The van der Waals surface area contributed by atoms with Crippen LogP contribution in [-0.2, 0) is 19.1 Å². The number of anilines is 1. The predicted octanol–water partition coefficient (Wildman–Crippen LogP) is 1.53. The van der Waals surface area contributed by atoms with Crippen LogP contribution in [0.25, 0.3) is 0 Å². The van der Waals surface area contributed by atoms with Crippen LogP contribution < -0.4 is 10.2 Å². The highest BCUT2D eigenvalue weighted by molar-refractivity contribution is 6.05. The molecule has 2 rings (SSSR count). The van der Waals surface area contributed by atoms with Crippen molar-refractivity contribution in [2.75, 3.05) is 18.6 Å². The maximum absolute atomic E-state index is 12.6. The molecule has 1 aliphatic heterocycles. The Labute approximate surface area is 159 Å². The van der Waals surface area contributed by atoms with E-state index in [-0.39, 0.29) is 28.3 Å². The summed E-state index contributed by atoms with van der Waals surface area (Å²) in [6.07, 6.45) is 0. The summed E-state index contributed by atoms with van der Waals surface area (Å²) in [5, 5.41) is 22.1. The summed E-state index contributed by atoms with van der Waals surface area (Å²) in [6.45, 7) is 2.50. The number of nitrogens with one attached hydrogen (secondary N) is 1. The summed E-state index contributed by atoms with van der Waals surface area (Å²) in [7, 11) is 1.30. The minimum absolute atomic E-state index is 0.0487. The lowest BCUT2D eigenvalue weighted by Gasteiger charge is -2.33. The minimum atomic E-state index is -1.26. The molecule has 0 spiro atoms. The first-order valence-corrected chi connectivity index (χ1v) is 7.99. The van der Waals surface area contributed by atoms with Gasteiger partial charge in [-0.25, -0.2) is 4.79 Å². The summed E-state index contributed by atoms with van der Waals surface area (Å²) < 4.78 is 5.26. The maximum Gasteiger partial charge on any atom is 0.322 e. The van der Waals surface area contributed by atoms with Gasteiger partial charge in [-0.3, -0.25) is 19.7 Å². The van der Waals surface area contributed by atoms with E-state index >= 15 is 0 Å². The van der Waals surface area contributed by atoms with Crippen molar-refractivity contribution in [1.29, 1.82) is 0 Å². The number of carboxylic acids is 1. The molecule has 0 aliphatic carbocycles. The highest BCUT2D eigenvalue weighted by Crippen LogP contribution is 2.38. The Morgan fingerprint density at radius 2 is 2.00 bits per heavy atom. The van der Waals surface area contributed by atoms with E-state index in [1.165, 1.54) is 37.1 Å². The van der Waals surface area contributed by atoms with E-state index in [0.717, 1.165) is 0 Å². The quantitative estimate of drug-likeness (QED) is 0.425. The van der Waals surface area contributed by atoms with Crippen LogP contribution in [0.2, 0.25) is 0 Å². The molecule has 10 heteroatoms. The summed E-state index contributed by atoms with van der Waals surface area (Å²) in [5.41, 5.74) is 0.582. The fourth-order valence-electron chi connectivity index (χ4n) is 2.94. The zero-order valence-electron chi connectivity index (χ0n) is 15.3. The number of rotatable bonds is 6. The van der Waals surface area contributed by atoms with Crippen LogP contribution in [0.3, 0.4) is 0 Å². The Hall–Kier alpha value is -3.91. The van der Waals surface area contributed by atoms with Crippen LogP contribution in [0, 0.1) is 10.1 Å². The van der Waals surface area contributed by atoms with Gasteiger partial charge in [0.2, 0.25) is 0 Å². The van der Waals surface area contributed by atoms with Crippen LogP contribution in [-0.4, -0.2) is 41.5 Å². The van der Waals surface area contributed by atoms with E-state index in [4.69, 9.17) is 9.84 Å². The lowest BCUT2D eigenvalue weighted by atomic mass is 9.96. The predicted molar refractivity (Wildman–Crippen MR) is 97.8 cm³/mol. The summed E-state index contributed by atoms with van der Waals surface area (Å²) in [5.74, 6) is -0.348. The molecule has 1 aliphatic rings. The van der Waals surface area contributed by atoms with Gasteiger partial charge < -0.3 is 20.1 Å². The topological polar surface area (TPSA) is 139 Å². The largest absolute Gasteiger partial charge is 0.493 e. The number of nitrogens with zero attached hydrogens (tertiary/aromatic N) is 2. The normalized spacial score (nSPS) is 14.0. The molecule has 0 fully saturated rings. The standard InChI is InChI=1S/C18H17N3O7/c1-10-16(18(25)19-8-15(23)24)14(9-22)17(28-3)11(2)20(10)12-5-4-6-13(7-12)21(26)27/h4-7H,8H2,1-3H3,(H,19,25)(H,23,24). The first-order chi connectivity index (χ1) is 13.2. The van der Waals surface area contributed by atoms with Crippen molar-refractivity contribution in [3.8, 4) is 0 Å². The molecule has 0 bridgehead atoms. The van der Waals surface area contributed by atoms with Crippen LogP contribution >= 0.6 is 0 Å². The first-order valence-electron chi connectivity index (χ1n) is 7.99. The molecule has 1 aromatic rings. The molecule has 146 valence electrons. The third kappa shape index (κ3) is 3.76. The van der Waals surface area contributed by atoms with Crippen LogP contribution in [0.4, 0.5) is 11.4 Å². The van der Waals surface area contributed by atoms with Crippen molar-refractivity contribution >= 4 is 29.2 Å². The molecule has 10 nitrogen and oxygen atoms in total. The first kappa shape index (κ1) is 20.4. The molecule has 0 radical (unpaired) electrons. The highest BCUT2D eigenvalue weighted by Gasteiger charge is 2.34. The van der Waals surface area contributed by atoms with E-state index < -0.39 is 23.3 Å². The van der Waals surface area contributed by atoms with Crippen molar-refractivity contribution in [3.05, 3.63) is 62.7 Å². The number of non-ortho nitro benzene ring substituents is 1. The van der Waals surface area contributed by atoms with Gasteiger partial charge in [0.15, 0.2) is 5.76 Å². The second kappa shape index (κ2) is 8.19. The van der Waals surface area contributed by atoms with E-state index in [0.29, 0.717) is 11.4 Å². The average molecular weight is 387 g/mol. The number of amides is 1. The molecule has 1 heterocycles. The molecular weight excluding hydrogens is 370 g/mol. The second-order valence-corrected chi connectivity index (χ2v) is 5.74. The van der Waals surface area contributed by atoms with Gasteiger partial charge in [0.05, 0.1) is 29.0 Å². The molecule has 0 aromatic heterocycles. The fourth-order valence-corrected chi connectivity index (χ4v) is 2.94. The van der Waals surface area contributed by atoms with Crippen molar-refractivity contribution in [3.63, 3.8) is 0 Å². The fraction of sp³-hybridized carbons (Fsp3) is 0.222. The van der Waals surface area contributed by atoms with Crippen molar-refractivity contribution in [2.24, 2.45) is 0 Å². The summed E-state index contributed by atoms with van der Waals surface area (Å²) in [6, 6.07) is 5.70. The van der Waals surface area contributed by atoms with E-state index in [1.807, 2.05) is 0 Å². The van der Waals surface area contributed by atoms with Gasteiger partial charge in [0.25, 0.3) is 11.6 Å². The number of nitro groups is 1. The molecule has 0 atom stereocenters. The Kier molecular flexibility index (Phi) is 5.97. The smallest absolute Gasteiger partial charge is 0.322 e. The number of ether oxygens (including phenoxy) is 1. The molecule has 28 heavy (non-hydrogen) atoms. The minimum Gasteiger partial charge on any atom is -0.493 e. The number of hydrogen-bond donors (Lipinski definition) is 2. The number of hydrogen-bond acceptors (Lipinski definition) is 7. The van der Waals surface area contributed by atoms with Gasteiger partial charge in [-0.05, 0) is 19.9 Å². The van der Waals surface area contributed by atoms with Crippen molar-refractivity contribution in [1.82, 2.24) is 5.32 Å². The number of allylic oxidation sites excluding steroid dienone is 3. The highest BCUT2D eigenvalue weighted by atomic mass is 16.6. The van der Waals surface area contributed by atoms with Crippen LogP contribution in [0.1, 0.15) is 13.8 Å².